The fraction of sp³-hybridized carbons (Fsp3) is 0.192. The van der Waals surface area contributed by atoms with Crippen LogP contribution in [-0.2, 0) is 11.3 Å². The molecule has 1 aliphatic rings. The summed E-state index contributed by atoms with van der Waals surface area (Å²) in [5.74, 6) is -0.288. The van der Waals surface area contributed by atoms with Gasteiger partial charge in [-0.15, -0.1) is 11.3 Å². The molecule has 0 N–H and O–H groups in total. The lowest BCUT2D eigenvalue weighted by molar-refractivity contribution is 0.0337. The van der Waals surface area contributed by atoms with Crippen LogP contribution in [-0.4, -0.2) is 45.7 Å². The van der Waals surface area contributed by atoms with Crippen LogP contribution in [0.1, 0.15) is 5.69 Å². The van der Waals surface area contributed by atoms with Crippen molar-refractivity contribution in [1.82, 2.24) is 19.4 Å². The van der Waals surface area contributed by atoms with Gasteiger partial charge < -0.3 is 4.74 Å². The molecule has 34 heavy (non-hydrogen) atoms. The molecule has 1 fully saturated rings. The lowest BCUT2D eigenvalue weighted by atomic mass is 10.1. The van der Waals surface area contributed by atoms with Crippen LogP contribution in [0, 0.1) is 5.82 Å². The summed E-state index contributed by atoms with van der Waals surface area (Å²) in [5, 5.41) is 0.966. The number of nitrogens with zero attached hydrogens (tertiary/aromatic N) is 4. The molecule has 8 heteroatoms. The van der Waals surface area contributed by atoms with E-state index in [1.165, 1.54) is 23.5 Å². The Morgan fingerprint density at radius 3 is 2.62 bits per heavy atom. The average Bonchev–Trinajstić information content (AvgIpc) is 3.30. The Morgan fingerprint density at radius 2 is 1.79 bits per heavy atom. The number of rotatable bonds is 4. The number of fused-ring (bicyclic) bond motifs is 2. The second-order valence-electron chi connectivity index (χ2n) is 8.32. The molecule has 3 aromatic heterocycles. The first kappa shape index (κ1) is 21.1. The van der Waals surface area contributed by atoms with E-state index in [1.807, 2.05) is 30.3 Å². The molecule has 6 rings (SSSR count). The van der Waals surface area contributed by atoms with Gasteiger partial charge in [0.25, 0.3) is 5.56 Å². The van der Waals surface area contributed by atoms with Crippen LogP contribution in [0.5, 0.6) is 0 Å². The summed E-state index contributed by atoms with van der Waals surface area (Å²) in [6.45, 7) is 4.17. The van der Waals surface area contributed by atoms with Gasteiger partial charge in [-0.3, -0.25) is 19.2 Å². The standard InChI is InChI=1S/C26H21FN4O2S/c27-19-4-1-17(2-5-19)24-14-23-25(34-24)26(32)31(16-28-23)21-7-8-22-18(13-21)3-6-20(29-22)15-30-9-11-33-12-10-30/h1-8,13-14,16H,9-12,15H2. The minimum absolute atomic E-state index is 0.125. The van der Waals surface area contributed by atoms with Crippen molar-refractivity contribution in [3.05, 3.63) is 88.9 Å². The Kier molecular flexibility index (Phi) is 5.41. The molecule has 0 bridgehead atoms. The average molecular weight is 473 g/mol. The van der Waals surface area contributed by atoms with Gasteiger partial charge in [0.15, 0.2) is 0 Å². The fourth-order valence-electron chi connectivity index (χ4n) is 4.23. The molecule has 1 saturated heterocycles. The van der Waals surface area contributed by atoms with E-state index >= 15 is 0 Å². The highest BCUT2D eigenvalue weighted by molar-refractivity contribution is 7.22. The minimum Gasteiger partial charge on any atom is -0.379 e. The zero-order chi connectivity index (χ0) is 23.1. The lowest BCUT2D eigenvalue weighted by Gasteiger charge is -2.26. The molecule has 5 aromatic rings. The van der Waals surface area contributed by atoms with E-state index in [9.17, 15) is 9.18 Å². The van der Waals surface area contributed by atoms with Gasteiger partial charge in [-0.05, 0) is 48.0 Å². The summed E-state index contributed by atoms with van der Waals surface area (Å²) >= 11 is 1.37. The van der Waals surface area contributed by atoms with Crippen LogP contribution in [0.25, 0.3) is 37.2 Å². The topological polar surface area (TPSA) is 60.2 Å². The molecular formula is C26H21FN4O2S. The first-order chi connectivity index (χ1) is 16.6. The third-order valence-corrected chi connectivity index (χ3v) is 7.23. The molecule has 0 radical (unpaired) electrons. The summed E-state index contributed by atoms with van der Waals surface area (Å²) in [7, 11) is 0. The van der Waals surface area contributed by atoms with Gasteiger partial charge in [0.1, 0.15) is 16.8 Å². The molecule has 0 atom stereocenters. The Bertz CT molecular complexity index is 1560. The summed E-state index contributed by atoms with van der Waals surface area (Å²) in [4.78, 5) is 25.8. The maximum Gasteiger partial charge on any atom is 0.275 e. The maximum atomic E-state index is 13.3. The molecule has 1 aliphatic heterocycles. The second kappa shape index (κ2) is 8.72. The molecule has 0 amide bonds. The number of hydrogen-bond donors (Lipinski definition) is 0. The number of halogens is 1. The zero-order valence-corrected chi connectivity index (χ0v) is 19.1. The lowest BCUT2D eigenvalue weighted by Crippen LogP contribution is -2.35. The third kappa shape index (κ3) is 4.00. The van der Waals surface area contributed by atoms with Crippen molar-refractivity contribution in [2.75, 3.05) is 26.3 Å². The van der Waals surface area contributed by atoms with Crippen molar-refractivity contribution >= 4 is 32.5 Å². The number of thiophene rings is 1. The van der Waals surface area contributed by atoms with E-state index in [0.717, 1.165) is 65.6 Å². The van der Waals surface area contributed by atoms with Crippen LogP contribution < -0.4 is 5.56 Å². The highest BCUT2D eigenvalue weighted by Crippen LogP contribution is 2.31. The first-order valence-electron chi connectivity index (χ1n) is 11.1. The fourth-order valence-corrected chi connectivity index (χ4v) is 5.28. The highest BCUT2D eigenvalue weighted by Gasteiger charge is 2.14. The number of morpholine rings is 1. The van der Waals surface area contributed by atoms with E-state index in [4.69, 9.17) is 9.72 Å². The quantitative estimate of drug-likeness (QED) is 0.382. The van der Waals surface area contributed by atoms with Crippen LogP contribution in [0.3, 0.4) is 0 Å². The predicted octanol–water partition coefficient (Wildman–Crippen LogP) is 4.63. The Morgan fingerprint density at radius 1 is 0.971 bits per heavy atom. The van der Waals surface area contributed by atoms with Gasteiger partial charge in [-0.1, -0.05) is 18.2 Å². The van der Waals surface area contributed by atoms with E-state index in [1.54, 1.807) is 23.0 Å². The van der Waals surface area contributed by atoms with Crippen molar-refractivity contribution in [2.24, 2.45) is 0 Å². The van der Waals surface area contributed by atoms with Crippen LogP contribution >= 0.6 is 11.3 Å². The van der Waals surface area contributed by atoms with Crippen molar-refractivity contribution in [1.29, 1.82) is 0 Å². The highest BCUT2D eigenvalue weighted by atomic mass is 32.1. The molecule has 6 nitrogen and oxygen atoms in total. The van der Waals surface area contributed by atoms with Crippen molar-refractivity contribution < 1.29 is 9.13 Å². The zero-order valence-electron chi connectivity index (χ0n) is 18.3. The van der Waals surface area contributed by atoms with Gasteiger partial charge in [-0.25, -0.2) is 9.37 Å². The van der Waals surface area contributed by atoms with E-state index < -0.39 is 0 Å². The number of aromatic nitrogens is 3. The summed E-state index contributed by atoms with van der Waals surface area (Å²) in [6.07, 6.45) is 1.56. The minimum atomic E-state index is -0.288. The second-order valence-corrected chi connectivity index (χ2v) is 9.37. The van der Waals surface area contributed by atoms with Crippen LogP contribution in [0.4, 0.5) is 4.39 Å². The molecule has 0 saturated carbocycles. The smallest absolute Gasteiger partial charge is 0.275 e. The number of ether oxygens (including phenoxy) is 1. The molecule has 170 valence electrons. The van der Waals surface area contributed by atoms with Crippen molar-refractivity contribution in [2.45, 2.75) is 6.54 Å². The molecule has 0 aliphatic carbocycles. The van der Waals surface area contributed by atoms with Gasteiger partial charge in [0.05, 0.1) is 35.6 Å². The maximum absolute atomic E-state index is 13.3. The van der Waals surface area contributed by atoms with Gasteiger partial charge in [0, 0.05) is 29.9 Å². The summed E-state index contributed by atoms with van der Waals surface area (Å²) in [5.41, 5.74) is 4.03. The van der Waals surface area contributed by atoms with Crippen LogP contribution in [0.2, 0.25) is 0 Å². The largest absolute Gasteiger partial charge is 0.379 e. The first-order valence-corrected chi connectivity index (χ1v) is 11.9. The van der Waals surface area contributed by atoms with Crippen molar-refractivity contribution in [3.8, 4) is 16.1 Å². The van der Waals surface area contributed by atoms with Crippen molar-refractivity contribution in [3.63, 3.8) is 0 Å². The number of hydrogen-bond acceptors (Lipinski definition) is 6. The van der Waals surface area contributed by atoms with Gasteiger partial charge >= 0.3 is 0 Å². The monoisotopic (exact) mass is 472 g/mol. The Labute approximate surface area is 198 Å². The van der Waals surface area contributed by atoms with Gasteiger partial charge in [-0.2, -0.15) is 0 Å². The molecule has 4 heterocycles. The Hall–Kier alpha value is -3.46. The number of pyridine rings is 1. The third-order valence-electron chi connectivity index (χ3n) is 6.06. The molecule has 0 spiro atoms. The van der Waals surface area contributed by atoms with Crippen LogP contribution in [0.15, 0.2) is 71.8 Å². The van der Waals surface area contributed by atoms with E-state index in [2.05, 4.69) is 16.0 Å². The SMILES string of the molecule is O=c1c2sc(-c3ccc(F)cc3)cc2ncn1-c1ccc2nc(CN3CCOCC3)ccc2c1. The predicted molar refractivity (Wildman–Crippen MR) is 132 cm³/mol. The molecular weight excluding hydrogens is 451 g/mol. The van der Waals surface area contributed by atoms with Gasteiger partial charge in [0.2, 0.25) is 0 Å². The summed E-state index contributed by atoms with van der Waals surface area (Å²) < 4.78 is 20.8. The van der Waals surface area contributed by atoms with E-state index in [0.29, 0.717) is 10.2 Å². The number of benzene rings is 2. The normalized spacial score (nSPS) is 14.7. The van der Waals surface area contributed by atoms with E-state index in [-0.39, 0.29) is 11.4 Å². The molecule has 2 aromatic carbocycles. The molecule has 0 unspecified atom stereocenters. The Balaban J connectivity index is 1.33. The summed E-state index contributed by atoms with van der Waals surface area (Å²) in [6, 6.07) is 18.0.